The highest BCUT2D eigenvalue weighted by molar-refractivity contribution is 4.90. The summed E-state index contributed by atoms with van der Waals surface area (Å²) in [6.07, 6.45) is 3.86. The molecule has 0 aromatic rings. The van der Waals surface area contributed by atoms with Crippen LogP contribution in [0.2, 0.25) is 0 Å². The summed E-state index contributed by atoms with van der Waals surface area (Å²) in [5.74, 6) is 1.54. The molecule has 3 heteroatoms. The van der Waals surface area contributed by atoms with Crippen LogP contribution in [0.4, 0.5) is 0 Å². The zero-order valence-corrected chi connectivity index (χ0v) is 14.2. The Morgan fingerprint density at radius 2 is 1.85 bits per heavy atom. The van der Waals surface area contributed by atoms with Gasteiger partial charge in [0.05, 0.1) is 0 Å². The first-order valence-corrected chi connectivity index (χ1v) is 8.45. The summed E-state index contributed by atoms with van der Waals surface area (Å²) in [5, 5.41) is 0. The second-order valence-corrected chi connectivity index (χ2v) is 8.39. The van der Waals surface area contributed by atoms with Gasteiger partial charge in [-0.1, -0.05) is 20.8 Å². The van der Waals surface area contributed by atoms with Gasteiger partial charge < -0.3 is 15.5 Å². The molecule has 4 atom stereocenters. The number of nitrogens with zero attached hydrogens (tertiary/aromatic N) is 2. The average Bonchev–Trinajstić information content (AvgIpc) is 2.35. The van der Waals surface area contributed by atoms with Crippen LogP contribution in [-0.4, -0.2) is 55.1 Å². The normalized spacial score (nSPS) is 38.1. The Morgan fingerprint density at radius 3 is 2.45 bits per heavy atom. The van der Waals surface area contributed by atoms with E-state index in [1.165, 1.54) is 45.4 Å². The van der Waals surface area contributed by atoms with Crippen molar-refractivity contribution in [1.82, 2.24) is 9.80 Å². The van der Waals surface area contributed by atoms with Crippen molar-refractivity contribution in [2.45, 2.75) is 59.0 Å². The molecule has 1 aliphatic heterocycles. The average molecular weight is 281 g/mol. The summed E-state index contributed by atoms with van der Waals surface area (Å²) >= 11 is 0. The zero-order valence-electron chi connectivity index (χ0n) is 14.2. The molecule has 4 unspecified atom stereocenters. The number of nitrogens with two attached hydrogens (primary N) is 1. The van der Waals surface area contributed by atoms with Gasteiger partial charge in [-0.25, -0.2) is 0 Å². The summed E-state index contributed by atoms with van der Waals surface area (Å²) in [5.41, 5.74) is 6.86. The highest BCUT2D eigenvalue weighted by Crippen LogP contribution is 2.40. The van der Waals surface area contributed by atoms with Crippen LogP contribution in [0, 0.1) is 17.3 Å². The third kappa shape index (κ3) is 3.96. The van der Waals surface area contributed by atoms with Crippen LogP contribution in [0.5, 0.6) is 0 Å². The molecule has 2 N–H and O–H groups in total. The fourth-order valence-electron chi connectivity index (χ4n) is 3.91. The van der Waals surface area contributed by atoms with Crippen LogP contribution in [0.3, 0.4) is 0 Å². The monoisotopic (exact) mass is 281 g/mol. The lowest BCUT2D eigenvalue weighted by atomic mass is 9.67. The number of hydrogen-bond donors (Lipinski definition) is 1. The summed E-state index contributed by atoms with van der Waals surface area (Å²) in [7, 11) is 2.24. The van der Waals surface area contributed by atoms with Crippen molar-refractivity contribution in [3.8, 4) is 0 Å². The molecular weight excluding hydrogens is 246 g/mol. The predicted molar refractivity (Wildman–Crippen MR) is 86.8 cm³/mol. The Kier molecular flexibility index (Phi) is 5.14. The molecule has 0 amide bonds. The predicted octanol–water partition coefficient (Wildman–Crippen LogP) is 2.41. The van der Waals surface area contributed by atoms with Crippen LogP contribution in [0.25, 0.3) is 0 Å². The maximum absolute atomic E-state index is 6.43. The second kappa shape index (κ2) is 6.33. The molecule has 0 aromatic carbocycles. The molecule has 2 fully saturated rings. The first-order chi connectivity index (χ1) is 9.27. The Morgan fingerprint density at radius 1 is 1.15 bits per heavy atom. The van der Waals surface area contributed by atoms with Crippen molar-refractivity contribution < 1.29 is 0 Å². The van der Waals surface area contributed by atoms with Crippen LogP contribution in [0.15, 0.2) is 0 Å². The minimum atomic E-state index is 0.420. The summed E-state index contributed by atoms with van der Waals surface area (Å²) in [6.45, 7) is 14.4. The lowest BCUT2D eigenvalue weighted by molar-refractivity contribution is 0.0595. The number of hydrogen-bond acceptors (Lipinski definition) is 3. The van der Waals surface area contributed by atoms with E-state index in [9.17, 15) is 0 Å². The third-order valence-electron chi connectivity index (χ3n) is 5.80. The molecule has 1 saturated heterocycles. The molecule has 2 rings (SSSR count). The third-order valence-corrected chi connectivity index (χ3v) is 5.80. The number of piperazine rings is 1. The fraction of sp³-hybridized carbons (Fsp3) is 1.00. The van der Waals surface area contributed by atoms with Crippen molar-refractivity contribution in [2.24, 2.45) is 23.0 Å². The molecule has 3 nitrogen and oxygen atoms in total. The molecule has 1 aliphatic carbocycles. The van der Waals surface area contributed by atoms with E-state index in [2.05, 4.69) is 44.5 Å². The standard InChI is InChI=1S/C17H35N3/c1-13-11-20(9-8-19(13)5)12-14-10-15(17(2,3)4)6-7-16(14)18/h13-16H,6-12,18H2,1-5H3. The summed E-state index contributed by atoms with van der Waals surface area (Å²) in [6, 6.07) is 1.10. The molecule has 2 aliphatic rings. The molecule has 1 saturated carbocycles. The Bertz CT molecular complexity index is 310. The maximum atomic E-state index is 6.43. The first-order valence-electron chi connectivity index (χ1n) is 8.45. The molecule has 0 bridgehead atoms. The zero-order chi connectivity index (χ0) is 14.9. The molecule has 0 aromatic heterocycles. The smallest absolute Gasteiger partial charge is 0.0192 e. The fourth-order valence-corrected chi connectivity index (χ4v) is 3.91. The molecule has 0 radical (unpaired) electrons. The minimum absolute atomic E-state index is 0.420. The number of rotatable bonds is 2. The van der Waals surface area contributed by atoms with Crippen molar-refractivity contribution in [3.63, 3.8) is 0 Å². The number of likely N-dealkylation sites (N-methyl/N-ethyl adjacent to an activating group) is 1. The maximum Gasteiger partial charge on any atom is 0.0192 e. The minimum Gasteiger partial charge on any atom is -0.327 e. The molecule has 0 spiro atoms. The van der Waals surface area contributed by atoms with Gasteiger partial charge in [0.25, 0.3) is 0 Å². The van der Waals surface area contributed by atoms with Gasteiger partial charge in [-0.3, -0.25) is 0 Å². The quantitative estimate of drug-likeness (QED) is 0.844. The first kappa shape index (κ1) is 16.3. The summed E-state index contributed by atoms with van der Waals surface area (Å²) < 4.78 is 0. The van der Waals surface area contributed by atoms with Crippen LogP contribution in [0.1, 0.15) is 47.0 Å². The van der Waals surface area contributed by atoms with Gasteiger partial charge in [0.1, 0.15) is 0 Å². The van der Waals surface area contributed by atoms with E-state index in [-0.39, 0.29) is 0 Å². The van der Waals surface area contributed by atoms with Gasteiger partial charge >= 0.3 is 0 Å². The van der Waals surface area contributed by atoms with E-state index < -0.39 is 0 Å². The van der Waals surface area contributed by atoms with Gasteiger partial charge in [0, 0.05) is 38.3 Å². The van der Waals surface area contributed by atoms with Crippen molar-refractivity contribution >= 4 is 0 Å². The van der Waals surface area contributed by atoms with Crippen molar-refractivity contribution in [3.05, 3.63) is 0 Å². The lowest BCUT2D eigenvalue weighted by Crippen LogP contribution is -2.53. The van der Waals surface area contributed by atoms with E-state index >= 15 is 0 Å². The van der Waals surface area contributed by atoms with Gasteiger partial charge in [0.15, 0.2) is 0 Å². The van der Waals surface area contributed by atoms with Gasteiger partial charge in [-0.2, -0.15) is 0 Å². The van der Waals surface area contributed by atoms with E-state index in [0.717, 1.165) is 5.92 Å². The second-order valence-electron chi connectivity index (χ2n) is 8.39. The van der Waals surface area contributed by atoms with E-state index in [1.54, 1.807) is 0 Å². The Labute approximate surface area is 125 Å². The Balaban J connectivity index is 1.90. The van der Waals surface area contributed by atoms with Crippen LogP contribution in [-0.2, 0) is 0 Å². The highest BCUT2D eigenvalue weighted by Gasteiger charge is 2.35. The van der Waals surface area contributed by atoms with E-state index in [4.69, 9.17) is 5.73 Å². The lowest BCUT2D eigenvalue weighted by Gasteiger charge is -2.44. The van der Waals surface area contributed by atoms with Crippen molar-refractivity contribution in [1.29, 1.82) is 0 Å². The summed E-state index contributed by atoms with van der Waals surface area (Å²) in [4.78, 5) is 5.12. The largest absolute Gasteiger partial charge is 0.327 e. The molecular formula is C17H35N3. The van der Waals surface area contributed by atoms with Crippen LogP contribution >= 0.6 is 0 Å². The van der Waals surface area contributed by atoms with E-state index in [0.29, 0.717) is 23.4 Å². The Hall–Kier alpha value is -0.120. The molecule has 20 heavy (non-hydrogen) atoms. The van der Waals surface area contributed by atoms with E-state index in [1.807, 2.05) is 0 Å². The van der Waals surface area contributed by atoms with Crippen molar-refractivity contribution in [2.75, 3.05) is 33.2 Å². The van der Waals surface area contributed by atoms with Gasteiger partial charge in [-0.15, -0.1) is 0 Å². The SMILES string of the molecule is CC1CN(CC2CC(C(C)(C)C)CCC2N)CCN1C. The highest BCUT2D eigenvalue weighted by atomic mass is 15.3. The molecule has 1 heterocycles. The van der Waals surface area contributed by atoms with Gasteiger partial charge in [-0.05, 0) is 50.5 Å². The topological polar surface area (TPSA) is 32.5 Å². The molecule has 118 valence electrons. The van der Waals surface area contributed by atoms with Crippen LogP contribution < -0.4 is 5.73 Å². The van der Waals surface area contributed by atoms with Gasteiger partial charge in [0.2, 0.25) is 0 Å².